The molecule has 0 heterocycles. The van der Waals surface area contributed by atoms with Crippen molar-refractivity contribution in [2.24, 2.45) is 5.92 Å². The SMILES string of the molecule is CCC(C)C(=O)Oc1c(O)c(OC)c(O)c(C(=O)/C=C/c2ccccc2)c1OC. The molecule has 0 amide bonds. The number of ether oxygens (including phenoxy) is 3. The van der Waals surface area contributed by atoms with E-state index in [0.29, 0.717) is 6.42 Å². The molecule has 1 atom stereocenters. The van der Waals surface area contributed by atoms with E-state index in [-0.39, 0.29) is 17.1 Å². The van der Waals surface area contributed by atoms with Crippen LogP contribution in [0.2, 0.25) is 0 Å². The van der Waals surface area contributed by atoms with E-state index < -0.39 is 34.9 Å². The van der Waals surface area contributed by atoms with Crippen LogP contribution in [-0.4, -0.2) is 36.2 Å². The maximum atomic E-state index is 12.8. The number of carbonyl (C=O) groups is 2. The molecule has 2 aromatic carbocycles. The highest BCUT2D eigenvalue weighted by molar-refractivity contribution is 6.12. The van der Waals surface area contributed by atoms with Crippen molar-refractivity contribution >= 4 is 17.8 Å². The summed E-state index contributed by atoms with van der Waals surface area (Å²) in [5.74, 6) is -3.99. The van der Waals surface area contributed by atoms with Crippen LogP contribution in [-0.2, 0) is 4.79 Å². The molecule has 7 nitrogen and oxygen atoms in total. The zero-order valence-electron chi connectivity index (χ0n) is 16.8. The minimum Gasteiger partial charge on any atom is -0.504 e. The molecule has 154 valence electrons. The van der Waals surface area contributed by atoms with Crippen LogP contribution < -0.4 is 14.2 Å². The minimum absolute atomic E-state index is 0.264. The number of hydrogen-bond acceptors (Lipinski definition) is 7. The number of phenolic OH excluding ortho intramolecular Hbond substituents is 2. The van der Waals surface area contributed by atoms with E-state index in [0.717, 1.165) is 5.56 Å². The van der Waals surface area contributed by atoms with Crippen LogP contribution in [0, 0.1) is 5.92 Å². The molecule has 0 fully saturated rings. The lowest BCUT2D eigenvalue weighted by molar-refractivity contribution is -0.138. The summed E-state index contributed by atoms with van der Waals surface area (Å²) in [6.45, 7) is 3.47. The van der Waals surface area contributed by atoms with E-state index in [4.69, 9.17) is 14.2 Å². The molecule has 7 heteroatoms. The number of methoxy groups -OCH3 is 2. The van der Waals surface area contributed by atoms with Crippen molar-refractivity contribution in [1.82, 2.24) is 0 Å². The number of carbonyl (C=O) groups excluding carboxylic acids is 2. The largest absolute Gasteiger partial charge is 0.504 e. The van der Waals surface area contributed by atoms with Gasteiger partial charge in [-0.1, -0.05) is 50.3 Å². The van der Waals surface area contributed by atoms with Crippen molar-refractivity contribution in [3.8, 4) is 28.7 Å². The Morgan fingerprint density at radius 2 is 1.62 bits per heavy atom. The number of esters is 1. The number of ketones is 1. The summed E-state index contributed by atoms with van der Waals surface area (Å²) in [7, 11) is 2.44. The predicted octanol–water partition coefficient (Wildman–Crippen LogP) is 3.96. The highest BCUT2D eigenvalue weighted by atomic mass is 16.6. The Labute approximate surface area is 169 Å². The van der Waals surface area contributed by atoms with Crippen molar-refractivity contribution < 1.29 is 34.0 Å². The Kier molecular flexibility index (Phi) is 7.25. The molecule has 0 aliphatic rings. The first-order chi connectivity index (χ1) is 13.8. The third-order valence-corrected chi connectivity index (χ3v) is 4.41. The first kappa shape index (κ1) is 21.8. The van der Waals surface area contributed by atoms with Crippen molar-refractivity contribution in [3.63, 3.8) is 0 Å². The standard InChI is InChI=1S/C22H24O7/c1-5-13(2)22(26)29-21-18(25)20(28-4)17(24)16(19(21)27-3)15(23)12-11-14-9-7-6-8-10-14/h6-13,24-25H,5H2,1-4H3/b12-11+. The van der Waals surface area contributed by atoms with Crippen LogP contribution in [0.4, 0.5) is 0 Å². The molecule has 0 saturated heterocycles. The summed E-state index contributed by atoms with van der Waals surface area (Å²) in [6, 6.07) is 9.09. The first-order valence-electron chi connectivity index (χ1n) is 9.04. The molecular formula is C22H24O7. The maximum absolute atomic E-state index is 12.8. The molecule has 0 spiro atoms. The average Bonchev–Trinajstić information content (AvgIpc) is 2.73. The molecular weight excluding hydrogens is 376 g/mol. The van der Waals surface area contributed by atoms with Gasteiger partial charge in [0.15, 0.2) is 17.3 Å². The van der Waals surface area contributed by atoms with Gasteiger partial charge in [0.2, 0.25) is 17.2 Å². The fourth-order valence-electron chi connectivity index (χ4n) is 2.56. The van der Waals surface area contributed by atoms with Crippen LogP contribution in [0.1, 0.15) is 36.2 Å². The highest BCUT2D eigenvalue weighted by Crippen LogP contribution is 2.52. The number of rotatable bonds is 8. The Balaban J connectivity index is 2.58. The van der Waals surface area contributed by atoms with Gasteiger partial charge >= 0.3 is 5.97 Å². The Hall–Kier alpha value is -3.48. The van der Waals surface area contributed by atoms with Crippen molar-refractivity contribution in [3.05, 3.63) is 47.5 Å². The van der Waals surface area contributed by atoms with Crippen LogP contribution >= 0.6 is 0 Å². The summed E-state index contributed by atoms with van der Waals surface area (Å²) in [5.41, 5.74) is 0.481. The Bertz CT molecular complexity index is 917. The zero-order valence-corrected chi connectivity index (χ0v) is 16.8. The van der Waals surface area contributed by atoms with Crippen LogP contribution in [0.25, 0.3) is 6.08 Å². The highest BCUT2D eigenvalue weighted by Gasteiger charge is 2.31. The number of phenols is 2. The van der Waals surface area contributed by atoms with Gasteiger partial charge in [-0.25, -0.2) is 0 Å². The summed E-state index contributed by atoms with van der Waals surface area (Å²) in [6.07, 6.45) is 3.32. The van der Waals surface area contributed by atoms with E-state index >= 15 is 0 Å². The summed E-state index contributed by atoms with van der Waals surface area (Å²) in [4.78, 5) is 25.1. The molecule has 2 N–H and O–H groups in total. The average molecular weight is 400 g/mol. The molecule has 29 heavy (non-hydrogen) atoms. The van der Waals surface area contributed by atoms with E-state index in [2.05, 4.69) is 0 Å². The van der Waals surface area contributed by atoms with Crippen molar-refractivity contribution in [2.45, 2.75) is 20.3 Å². The second-order valence-electron chi connectivity index (χ2n) is 6.31. The molecule has 0 bridgehead atoms. The third kappa shape index (κ3) is 4.68. The van der Waals surface area contributed by atoms with E-state index in [1.54, 1.807) is 25.1 Å². The molecule has 0 aromatic heterocycles. The van der Waals surface area contributed by atoms with Crippen molar-refractivity contribution in [1.29, 1.82) is 0 Å². The molecule has 2 rings (SSSR count). The minimum atomic E-state index is -0.637. The van der Waals surface area contributed by atoms with Gasteiger partial charge in [-0.3, -0.25) is 9.59 Å². The number of hydrogen-bond donors (Lipinski definition) is 2. The van der Waals surface area contributed by atoms with Crippen LogP contribution in [0.3, 0.4) is 0 Å². The quantitative estimate of drug-likeness (QED) is 0.299. The van der Waals surface area contributed by atoms with Crippen LogP contribution in [0.5, 0.6) is 28.7 Å². The van der Waals surface area contributed by atoms with Gasteiger partial charge in [-0.15, -0.1) is 0 Å². The number of allylic oxidation sites excluding steroid dienone is 1. The van der Waals surface area contributed by atoms with Gasteiger partial charge in [0.1, 0.15) is 5.56 Å². The maximum Gasteiger partial charge on any atom is 0.314 e. The van der Waals surface area contributed by atoms with Gasteiger partial charge in [0.05, 0.1) is 20.1 Å². The van der Waals surface area contributed by atoms with Crippen molar-refractivity contribution in [2.75, 3.05) is 14.2 Å². The second-order valence-corrected chi connectivity index (χ2v) is 6.31. The molecule has 0 aliphatic carbocycles. The molecule has 0 aliphatic heterocycles. The summed E-state index contributed by atoms with van der Waals surface area (Å²) >= 11 is 0. The third-order valence-electron chi connectivity index (χ3n) is 4.41. The normalized spacial score (nSPS) is 11.9. The van der Waals surface area contributed by atoms with Crippen LogP contribution in [0.15, 0.2) is 36.4 Å². The van der Waals surface area contributed by atoms with Gasteiger partial charge in [0.25, 0.3) is 0 Å². The topological polar surface area (TPSA) is 102 Å². The van der Waals surface area contributed by atoms with Gasteiger partial charge in [0, 0.05) is 0 Å². The second kappa shape index (κ2) is 9.64. The van der Waals surface area contributed by atoms with Gasteiger partial charge in [-0.2, -0.15) is 0 Å². The van der Waals surface area contributed by atoms with E-state index in [1.165, 1.54) is 20.3 Å². The smallest absolute Gasteiger partial charge is 0.314 e. The van der Waals surface area contributed by atoms with E-state index in [9.17, 15) is 19.8 Å². The lowest BCUT2D eigenvalue weighted by atomic mass is 10.0. The predicted molar refractivity (Wildman–Crippen MR) is 108 cm³/mol. The lowest BCUT2D eigenvalue weighted by Gasteiger charge is -2.19. The zero-order chi connectivity index (χ0) is 21.6. The van der Waals surface area contributed by atoms with Gasteiger partial charge in [-0.05, 0) is 18.1 Å². The fraction of sp³-hybridized carbons (Fsp3) is 0.273. The lowest BCUT2D eigenvalue weighted by Crippen LogP contribution is -2.18. The fourth-order valence-corrected chi connectivity index (χ4v) is 2.56. The molecule has 1 unspecified atom stereocenters. The summed E-state index contributed by atoms with van der Waals surface area (Å²) < 4.78 is 15.5. The summed E-state index contributed by atoms with van der Waals surface area (Å²) in [5, 5.41) is 20.9. The monoisotopic (exact) mass is 400 g/mol. The Morgan fingerprint density at radius 3 is 2.17 bits per heavy atom. The first-order valence-corrected chi connectivity index (χ1v) is 9.04. The molecule has 2 aromatic rings. The molecule has 0 radical (unpaired) electrons. The van der Waals surface area contributed by atoms with Gasteiger partial charge < -0.3 is 24.4 Å². The van der Waals surface area contributed by atoms with E-state index in [1.807, 2.05) is 25.1 Å². The number of benzene rings is 2. The Morgan fingerprint density at radius 1 is 1.00 bits per heavy atom. The number of aromatic hydroxyl groups is 2. The molecule has 0 saturated carbocycles.